The van der Waals surface area contributed by atoms with E-state index in [9.17, 15) is 9.59 Å². The minimum Gasteiger partial charge on any atom is -0.497 e. The molecule has 7 heteroatoms. The predicted molar refractivity (Wildman–Crippen MR) is 111 cm³/mol. The summed E-state index contributed by atoms with van der Waals surface area (Å²) in [4.78, 5) is 28.4. The monoisotopic (exact) mass is 416 g/mol. The smallest absolute Gasteiger partial charge is 0.257 e. The summed E-state index contributed by atoms with van der Waals surface area (Å²) in [7, 11) is 1.58. The molecule has 164 valence electrons. The van der Waals surface area contributed by atoms with Crippen LogP contribution in [-0.4, -0.2) is 61.5 Å². The molecule has 2 saturated heterocycles. The molecule has 0 bridgehead atoms. The number of hydrogen-bond acceptors (Lipinski definition) is 5. The number of amides is 2. The van der Waals surface area contributed by atoms with Crippen molar-refractivity contribution in [3.63, 3.8) is 0 Å². The molecule has 1 aromatic rings. The van der Waals surface area contributed by atoms with E-state index >= 15 is 0 Å². The molecule has 1 aromatic carbocycles. The standard InChI is InChI=1S/C23H32N2O5/c1-16-8-10-23(11-9-16)25(22(27)17-5-3-6-18(13-17)28-2)20(15-30-23)21(26)24-14-19-7-4-12-29-19/h3,5-6,13,16,19-20H,4,7-12,14-15H2,1-2H3,(H,24,26). The van der Waals surface area contributed by atoms with Crippen LogP contribution in [0.25, 0.3) is 0 Å². The molecule has 2 amide bonds. The molecule has 2 unspecified atom stereocenters. The first-order valence-corrected chi connectivity index (χ1v) is 11.0. The number of hydrogen-bond donors (Lipinski definition) is 1. The maximum Gasteiger partial charge on any atom is 0.257 e. The Hall–Kier alpha value is -2.12. The second-order valence-corrected chi connectivity index (χ2v) is 8.74. The van der Waals surface area contributed by atoms with Crippen molar-refractivity contribution in [2.24, 2.45) is 5.92 Å². The van der Waals surface area contributed by atoms with Crippen LogP contribution < -0.4 is 10.1 Å². The van der Waals surface area contributed by atoms with Crippen LogP contribution in [0.15, 0.2) is 24.3 Å². The van der Waals surface area contributed by atoms with E-state index in [0.29, 0.717) is 23.8 Å². The van der Waals surface area contributed by atoms with Gasteiger partial charge in [-0.1, -0.05) is 13.0 Å². The Morgan fingerprint density at radius 1 is 1.27 bits per heavy atom. The molecule has 2 heterocycles. The Balaban J connectivity index is 1.57. The Morgan fingerprint density at radius 3 is 2.77 bits per heavy atom. The van der Waals surface area contributed by atoms with Crippen molar-refractivity contribution in [1.29, 1.82) is 0 Å². The van der Waals surface area contributed by atoms with Crippen LogP contribution in [-0.2, 0) is 14.3 Å². The number of nitrogens with one attached hydrogen (secondary N) is 1. The van der Waals surface area contributed by atoms with Crippen LogP contribution >= 0.6 is 0 Å². The lowest BCUT2D eigenvalue weighted by Gasteiger charge is -2.43. The van der Waals surface area contributed by atoms with Crippen molar-refractivity contribution < 1.29 is 23.8 Å². The molecule has 2 aliphatic heterocycles. The van der Waals surface area contributed by atoms with Crippen molar-refractivity contribution in [3.8, 4) is 5.75 Å². The number of carbonyl (C=O) groups excluding carboxylic acids is 2. The highest BCUT2D eigenvalue weighted by atomic mass is 16.5. The first-order valence-electron chi connectivity index (χ1n) is 11.0. The first kappa shape index (κ1) is 21.1. The zero-order chi connectivity index (χ0) is 21.1. The van der Waals surface area contributed by atoms with Crippen molar-refractivity contribution in [2.75, 3.05) is 26.9 Å². The highest BCUT2D eigenvalue weighted by Crippen LogP contribution is 2.43. The third kappa shape index (κ3) is 4.18. The number of carbonyl (C=O) groups is 2. The van der Waals surface area contributed by atoms with Crippen LogP contribution in [0.2, 0.25) is 0 Å². The van der Waals surface area contributed by atoms with Crippen LogP contribution in [0.3, 0.4) is 0 Å². The van der Waals surface area contributed by atoms with E-state index in [4.69, 9.17) is 14.2 Å². The van der Waals surface area contributed by atoms with Gasteiger partial charge in [0, 0.05) is 18.7 Å². The SMILES string of the molecule is COc1cccc(C(=O)N2C(C(=O)NCC3CCCO3)COC23CCC(C)CC3)c1. The zero-order valence-corrected chi connectivity index (χ0v) is 17.9. The summed E-state index contributed by atoms with van der Waals surface area (Å²) in [5.74, 6) is 0.863. The minimum atomic E-state index is -0.710. The molecule has 0 aromatic heterocycles. The normalized spacial score (nSPS) is 31.1. The molecule has 1 aliphatic carbocycles. The highest BCUT2D eigenvalue weighted by Gasteiger charge is 2.53. The van der Waals surface area contributed by atoms with Gasteiger partial charge in [0.1, 0.15) is 17.5 Å². The lowest BCUT2D eigenvalue weighted by molar-refractivity contribution is -0.128. The molecule has 2 atom stereocenters. The minimum absolute atomic E-state index is 0.0586. The molecule has 1 saturated carbocycles. The van der Waals surface area contributed by atoms with Gasteiger partial charge in [-0.3, -0.25) is 14.5 Å². The van der Waals surface area contributed by atoms with Gasteiger partial charge in [-0.15, -0.1) is 0 Å². The van der Waals surface area contributed by atoms with Crippen LogP contribution in [0.4, 0.5) is 0 Å². The summed E-state index contributed by atoms with van der Waals surface area (Å²) in [6.45, 7) is 3.67. The molecule has 3 fully saturated rings. The van der Waals surface area contributed by atoms with Gasteiger partial charge in [0.05, 0.1) is 19.8 Å². The molecule has 4 rings (SSSR count). The number of rotatable bonds is 5. The Labute approximate surface area is 178 Å². The summed E-state index contributed by atoms with van der Waals surface area (Å²) < 4.78 is 17.1. The topological polar surface area (TPSA) is 77.1 Å². The van der Waals surface area contributed by atoms with E-state index < -0.39 is 11.8 Å². The average molecular weight is 417 g/mol. The van der Waals surface area contributed by atoms with Crippen molar-refractivity contribution in [3.05, 3.63) is 29.8 Å². The lowest BCUT2D eigenvalue weighted by atomic mass is 9.83. The van der Waals surface area contributed by atoms with Gasteiger partial charge >= 0.3 is 0 Å². The average Bonchev–Trinajstić information content (AvgIpc) is 3.42. The van der Waals surface area contributed by atoms with E-state index in [0.717, 1.165) is 45.1 Å². The third-order valence-corrected chi connectivity index (χ3v) is 6.68. The van der Waals surface area contributed by atoms with Crippen LogP contribution in [0.5, 0.6) is 5.75 Å². The number of benzene rings is 1. The zero-order valence-electron chi connectivity index (χ0n) is 17.9. The largest absolute Gasteiger partial charge is 0.497 e. The van der Waals surface area contributed by atoms with Crippen LogP contribution in [0, 0.1) is 5.92 Å². The van der Waals surface area contributed by atoms with Gasteiger partial charge in [0.15, 0.2) is 0 Å². The fourth-order valence-corrected chi connectivity index (χ4v) is 4.81. The van der Waals surface area contributed by atoms with Crippen molar-refractivity contribution in [1.82, 2.24) is 10.2 Å². The fraction of sp³-hybridized carbons (Fsp3) is 0.652. The summed E-state index contributed by atoms with van der Waals surface area (Å²) in [6, 6.07) is 6.45. The highest BCUT2D eigenvalue weighted by molar-refractivity contribution is 5.98. The number of nitrogens with zero attached hydrogens (tertiary/aromatic N) is 1. The van der Waals surface area contributed by atoms with Gasteiger partial charge in [0.2, 0.25) is 5.91 Å². The maximum atomic E-state index is 13.6. The third-order valence-electron chi connectivity index (χ3n) is 6.68. The van der Waals surface area contributed by atoms with Gasteiger partial charge in [-0.05, 0) is 62.6 Å². The quantitative estimate of drug-likeness (QED) is 0.799. The van der Waals surface area contributed by atoms with Gasteiger partial charge in [-0.2, -0.15) is 0 Å². The maximum absolute atomic E-state index is 13.6. The van der Waals surface area contributed by atoms with Gasteiger partial charge in [-0.25, -0.2) is 0 Å². The predicted octanol–water partition coefficient (Wildman–Crippen LogP) is 2.74. The Kier molecular flexibility index (Phi) is 6.29. The van der Waals surface area contributed by atoms with E-state index in [1.807, 2.05) is 0 Å². The molecule has 30 heavy (non-hydrogen) atoms. The molecule has 7 nitrogen and oxygen atoms in total. The summed E-state index contributed by atoms with van der Waals surface area (Å²) >= 11 is 0. The van der Waals surface area contributed by atoms with E-state index in [-0.39, 0.29) is 24.5 Å². The van der Waals surface area contributed by atoms with E-state index in [1.165, 1.54) is 0 Å². The Bertz CT molecular complexity index is 769. The van der Waals surface area contributed by atoms with Gasteiger partial charge in [0.25, 0.3) is 5.91 Å². The second-order valence-electron chi connectivity index (χ2n) is 8.74. The van der Waals surface area contributed by atoms with Crippen molar-refractivity contribution in [2.45, 2.75) is 63.3 Å². The first-order chi connectivity index (χ1) is 14.5. The molecular weight excluding hydrogens is 384 g/mol. The molecule has 1 spiro atoms. The summed E-state index contributed by atoms with van der Waals surface area (Å²) in [6.07, 6.45) is 5.49. The molecule has 3 aliphatic rings. The molecule has 0 radical (unpaired) electrons. The molecule has 1 N–H and O–H groups in total. The van der Waals surface area contributed by atoms with E-state index in [1.54, 1.807) is 36.3 Å². The lowest BCUT2D eigenvalue weighted by Crippen LogP contribution is -2.57. The fourth-order valence-electron chi connectivity index (χ4n) is 4.81. The molecular formula is C23H32N2O5. The second kappa shape index (κ2) is 8.94. The summed E-state index contributed by atoms with van der Waals surface area (Å²) in [5, 5.41) is 2.99. The van der Waals surface area contributed by atoms with Crippen molar-refractivity contribution >= 4 is 11.8 Å². The number of methoxy groups -OCH3 is 1. The van der Waals surface area contributed by atoms with E-state index in [2.05, 4.69) is 12.2 Å². The number of ether oxygens (including phenoxy) is 3. The summed E-state index contributed by atoms with van der Waals surface area (Å²) in [5.41, 5.74) is -0.201. The van der Waals surface area contributed by atoms with Gasteiger partial charge < -0.3 is 19.5 Å². The Morgan fingerprint density at radius 2 is 2.07 bits per heavy atom. The van der Waals surface area contributed by atoms with Crippen LogP contribution in [0.1, 0.15) is 55.8 Å².